The number of carbonyl (C=O) groups is 2. The predicted octanol–water partition coefficient (Wildman–Crippen LogP) is 0.517. The second kappa shape index (κ2) is 3.90. The van der Waals surface area contributed by atoms with E-state index < -0.39 is 0 Å². The number of ether oxygens (including phenoxy) is 1. The van der Waals surface area contributed by atoms with E-state index in [1.54, 1.807) is 0 Å². The normalized spacial score (nSPS) is 36.4. The zero-order valence-corrected chi connectivity index (χ0v) is 8.80. The molecule has 0 aromatic rings. The van der Waals surface area contributed by atoms with Crippen molar-refractivity contribution in [2.75, 3.05) is 6.61 Å². The van der Waals surface area contributed by atoms with Gasteiger partial charge in [-0.05, 0) is 12.8 Å². The molecule has 78 valence electrons. The van der Waals surface area contributed by atoms with Crippen molar-refractivity contribution >= 4 is 22.8 Å². The van der Waals surface area contributed by atoms with Crippen LogP contribution in [0.2, 0.25) is 0 Å². The monoisotopic (exact) mass is 215 g/mol. The van der Waals surface area contributed by atoms with Gasteiger partial charge < -0.3 is 10.1 Å². The quantitative estimate of drug-likeness (QED) is 0.682. The van der Waals surface area contributed by atoms with E-state index in [9.17, 15) is 9.59 Å². The number of hydrogen-bond acceptors (Lipinski definition) is 4. The molecule has 0 saturated carbocycles. The van der Waals surface area contributed by atoms with Crippen molar-refractivity contribution < 1.29 is 14.3 Å². The summed E-state index contributed by atoms with van der Waals surface area (Å²) in [6.07, 6.45) is 1.54. The highest BCUT2D eigenvalue weighted by Gasteiger charge is 2.39. The van der Waals surface area contributed by atoms with Gasteiger partial charge in [-0.1, -0.05) is 18.7 Å². The fourth-order valence-electron chi connectivity index (χ4n) is 1.53. The lowest BCUT2D eigenvalue weighted by Crippen LogP contribution is -2.55. The number of hydrogen-bond donors (Lipinski definition) is 1. The maximum Gasteiger partial charge on any atom is 0.226 e. The minimum absolute atomic E-state index is 0.0302. The van der Waals surface area contributed by atoms with E-state index in [-0.39, 0.29) is 28.4 Å². The minimum atomic E-state index is -0.246. The summed E-state index contributed by atoms with van der Waals surface area (Å²) in [4.78, 5) is 22.5. The van der Waals surface area contributed by atoms with Gasteiger partial charge in [-0.3, -0.25) is 9.59 Å². The molecule has 0 bridgehead atoms. The topological polar surface area (TPSA) is 55.4 Å². The van der Waals surface area contributed by atoms with Crippen LogP contribution in [0.25, 0.3) is 0 Å². The number of nitrogens with one attached hydrogen (secondary N) is 1. The molecule has 0 spiro atoms. The van der Waals surface area contributed by atoms with Crippen molar-refractivity contribution in [3.63, 3.8) is 0 Å². The Morgan fingerprint density at radius 2 is 2.43 bits per heavy atom. The summed E-state index contributed by atoms with van der Waals surface area (Å²) >= 11 is 1.20. The van der Waals surface area contributed by atoms with Gasteiger partial charge in [0.1, 0.15) is 6.10 Å². The van der Waals surface area contributed by atoms with Gasteiger partial charge >= 0.3 is 0 Å². The summed E-state index contributed by atoms with van der Waals surface area (Å²) in [5, 5.41) is 2.71. The molecule has 0 radical (unpaired) electrons. The molecule has 1 amide bonds. The Morgan fingerprint density at radius 3 is 2.93 bits per heavy atom. The van der Waals surface area contributed by atoms with Crippen LogP contribution in [-0.2, 0) is 14.3 Å². The molecular formula is C9H13NO3S. The smallest absolute Gasteiger partial charge is 0.226 e. The number of rotatable bonds is 2. The summed E-state index contributed by atoms with van der Waals surface area (Å²) in [7, 11) is 0. The Kier molecular flexibility index (Phi) is 2.78. The van der Waals surface area contributed by atoms with E-state index in [2.05, 4.69) is 5.32 Å². The van der Waals surface area contributed by atoms with E-state index in [0.717, 1.165) is 12.8 Å². The van der Waals surface area contributed by atoms with Crippen molar-refractivity contribution in [3.05, 3.63) is 0 Å². The Labute approximate surface area is 86.8 Å². The SMILES string of the molecule is C[C@H]1C(=O)NC1SC(=O)C1CCCO1. The van der Waals surface area contributed by atoms with Gasteiger partial charge in [0.15, 0.2) is 0 Å². The first-order valence-corrected chi connectivity index (χ1v) is 5.69. The van der Waals surface area contributed by atoms with Crippen molar-refractivity contribution in [2.45, 2.75) is 31.2 Å². The van der Waals surface area contributed by atoms with Crippen LogP contribution in [0.5, 0.6) is 0 Å². The lowest BCUT2D eigenvalue weighted by molar-refractivity contribution is -0.131. The van der Waals surface area contributed by atoms with Gasteiger partial charge in [0.2, 0.25) is 11.0 Å². The van der Waals surface area contributed by atoms with Crippen LogP contribution in [0.1, 0.15) is 19.8 Å². The van der Waals surface area contributed by atoms with Gasteiger partial charge in [0, 0.05) is 6.61 Å². The third-order valence-corrected chi connectivity index (χ3v) is 3.86. The van der Waals surface area contributed by atoms with E-state index in [1.807, 2.05) is 6.92 Å². The first-order chi connectivity index (χ1) is 6.68. The van der Waals surface area contributed by atoms with Gasteiger partial charge in [-0.25, -0.2) is 0 Å². The highest BCUT2D eigenvalue weighted by Crippen LogP contribution is 2.29. The molecule has 2 aliphatic rings. The lowest BCUT2D eigenvalue weighted by atomic mass is 10.1. The Bertz CT molecular complexity index is 263. The molecule has 1 N–H and O–H groups in total. The Morgan fingerprint density at radius 1 is 1.64 bits per heavy atom. The van der Waals surface area contributed by atoms with E-state index >= 15 is 0 Å². The summed E-state index contributed by atoms with van der Waals surface area (Å²) < 4.78 is 5.26. The molecule has 0 aromatic heterocycles. The van der Waals surface area contributed by atoms with E-state index in [1.165, 1.54) is 11.8 Å². The first-order valence-electron chi connectivity index (χ1n) is 4.81. The summed E-state index contributed by atoms with van der Waals surface area (Å²) in [5.74, 6) is -0.0204. The highest BCUT2D eigenvalue weighted by atomic mass is 32.2. The molecule has 2 unspecified atom stereocenters. The molecule has 0 aromatic carbocycles. The number of amides is 1. The fraction of sp³-hybridized carbons (Fsp3) is 0.778. The second-order valence-electron chi connectivity index (χ2n) is 3.66. The van der Waals surface area contributed by atoms with Crippen LogP contribution in [-0.4, -0.2) is 29.1 Å². The molecule has 4 nitrogen and oxygen atoms in total. The maximum atomic E-state index is 11.6. The average molecular weight is 215 g/mol. The first kappa shape index (κ1) is 9.98. The van der Waals surface area contributed by atoms with Crippen LogP contribution in [0.3, 0.4) is 0 Å². The maximum absolute atomic E-state index is 11.6. The van der Waals surface area contributed by atoms with Crippen molar-refractivity contribution in [1.82, 2.24) is 5.32 Å². The zero-order valence-electron chi connectivity index (χ0n) is 7.99. The van der Waals surface area contributed by atoms with Crippen molar-refractivity contribution in [2.24, 2.45) is 5.92 Å². The summed E-state index contributed by atoms with van der Waals surface area (Å²) in [6.45, 7) is 2.52. The van der Waals surface area contributed by atoms with Crippen molar-refractivity contribution in [3.8, 4) is 0 Å². The highest BCUT2D eigenvalue weighted by molar-refractivity contribution is 8.14. The average Bonchev–Trinajstić information content (AvgIpc) is 2.69. The molecule has 5 heteroatoms. The standard InChI is InChI=1S/C9H13NO3S/c1-5-7(11)10-8(5)14-9(12)6-3-2-4-13-6/h5-6,8H,2-4H2,1H3,(H,10,11)/t5-,6?,8?/m0/s1. The van der Waals surface area contributed by atoms with Crippen LogP contribution < -0.4 is 5.32 Å². The van der Waals surface area contributed by atoms with Crippen LogP contribution >= 0.6 is 11.8 Å². The van der Waals surface area contributed by atoms with E-state index in [0.29, 0.717) is 6.61 Å². The van der Waals surface area contributed by atoms with E-state index in [4.69, 9.17) is 4.74 Å². The third-order valence-electron chi connectivity index (χ3n) is 2.59. The number of carbonyl (C=O) groups excluding carboxylic acids is 2. The predicted molar refractivity (Wildman–Crippen MR) is 52.7 cm³/mol. The van der Waals surface area contributed by atoms with Crippen molar-refractivity contribution in [1.29, 1.82) is 0 Å². The lowest BCUT2D eigenvalue weighted by Gasteiger charge is -2.33. The molecule has 3 atom stereocenters. The molecule has 0 aliphatic carbocycles. The number of thioether (sulfide) groups is 1. The number of β-lactam (4-membered cyclic amide) rings is 1. The summed E-state index contributed by atoms with van der Waals surface area (Å²) in [6, 6.07) is 0. The molecule has 2 saturated heterocycles. The van der Waals surface area contributed by atoms with Crippen LogP contribution in [0.4, 0.5) is 0 Å². The molecule has 2 aliphatic heterocycles. The minimum Gasteiger partial charge on any atom is -0.369 e. The molecule has 14 heavy (non-hydrogen) atoms. The van der Waals surface area contributed by atoms with Gasteiger partial charge in [-0.2, -0.15) is 0 Å². The largest absolute Gasteiger partial charge is 0.369 e. The summed E-state index contributed by atoms with van der Waals surface area (Å²) in [5.41, 5.74) is 0. The fourth-order valence-corrected chi connectivity index (χ4v) is 2.62. The molecule has 2 fully saturated rings. The molecule has 2 rings (SSSR count). The molecular weight excluding hydrogens is 202 g/mol. The van der Waals surface area contributed by atoms with Gasteiger partial charge in [0.05, 0.1) is 11.3 Å². The Balaban J connectivity index is 1.80. The van der Waals surface area contributed by atoms with Crippen LogP contribution in [0, 0.1) is 5.92 Å². The third kappa shape index (κ3) is 1.79. The van der Waals surface area contributed by atoms with Crippen LogP contribution in [0.15, 0.2) is 0 Å². The van der Waals surface area contributed by atoms with Gasteiger partial charge in [0.25, 0.3) is 0 Å². The molecule has 2 heterocycles. The Hall–Kier alpha value is -0.550. The second-order valence-corrected chi connectivity index (χ2v) is 4.80. The van der Waals surface area contributed by atoms with Gasteiger partial charge in [-0.15, -0.1) is 0 Å². The zero-order chi connectivity index (χ0) is 10.1.